The fraction of sp³-hybridized carbons (Fsp3) is 0.333. The molecule has 0 amide bonds. The smallest absolute Gasteiger partial charge is 0.126 e. The van der Waals surface area contributed by atoms with Gasteiger partial charge in [-0.15, -0.1) is 0 Å². The number of halogens is 1. The van der Waals surface area contributed by atoms with Crippen LogP contribution in [-0.2, 0) is 0 Å². The summed E-state index contributed by atoms with van der Waals surface area (Å²) in [6.07, 6.45) is 0. The Hall–Kier alpha value is -1.09. The van der Waals surface area contributed by atoms with Crippen LogP contribution < -0.4 is 4.74 Å². The van der Waals surface area contributed by atoms with Crippen LogP contribution in [0.15, 0.2) is 18.2 Å². The van der Waals surface area contributed by atoms with Crippen molar-refractivity contribution >= 4 is 0 Å². The molecule has 1 aromatic carbocycles. The molecule has 0 saturated heterocycles. The minimum absolute atomic E-state index is 0.0144. The molecule has 1 aliphatic rings. The summed E-state index contributed by atoms with van der Waals surface area (Å²) in [5.74, 6) is 0.280. The molecule has 0 aromatic heterocycles. The number of fused-ring (bicyclic) bond motifs is 1. The Morgan fingerprint density at radius 3 is 3.17 bits per heavy atom. The largest absolute Gasteiger partial charge is 0.492 e. The standard InChI is InChI=1S/C9H9FO2/c10-7-1-2-8-6(4-11)5-12-9(8)3-7/h1-3,6,11H,4-5H2. The Kier molecular flexibility index (Phi) is 1.73. The summed E-state index contributed by atoms with van der Waals surface area (Å²) in [5.41, 5.74) is 0.902. The highest BCUT2D eigenvalue weighted by Crippen LogP contribution is 2.33. The molecule has 1 heterocycles. The molecule has 0 spiro atoms. The molecule has 0 fully saturated rings. The normalized spacial score (nSPS) is 20.3. The van der Waals surface area contributed by atoms with E-state index in [1.807, 2.05) is 0 Å². The first kappa shape index (κ1) is 7.55. The third-order valence-electron chi connectivity index (χ3n) is 2.08. The first-order valence-electron chi connectivity index (χ1n) is 3.84. The SMILES string of the molecule is OCC1COc2cc(F)ccc21. The highest BCUT2D eigenvalue weighted by Gasteiger charge is 2.23. The van der Waals surface area contributed by atoms with Crippen molar-refractivity contribution < 1.29 is 14.2 Å². The van der Waals surface area contributed by atoms with Gasteiger partial charge in [-0.1, -0.05) is 6.07 Å². The van der Waals surface area contributed by atoms with Crippen molar-refractivity contribution in [2.75, 3.05) is 13.2 Å². The molecule has 2 nitrogen and oxygen atoms in total. The van der Waals surface area contributed by atoms with E-state index in [-0.39, 0.29) is 18.3 Å². The van der Waals surface area contributed by atoms with Crippen LogP contribution in [0.5, 0.6) is 5.75 Å². The van der Waals surface area contributed by atoms with Gasteiger partial charge in [0.05, 0.1) is 13.2 Å². The lowest BCUT2D eigenvalue weighted by atomic mass is 10.0. The van der Waals surface area contributed by atoms with E-state index >= 15 is 0 Å². The average Bonchev–Trinajstić information content (AvgIpc) is 2.46. The summed E-state index contributed by atoms with van der Waals surface area (Å²) in [6.45, 7) is 0.508. The van der Waals surface area contributed by atoms with Crippen LogP contribution in [0.25, 0.3) is 0 Å². The zero-order chi connectivity index (χ0) is 8.55. The van der Waals surface area contributed by atoms with Crippen molar-refractivity contribution in [3.05, 3.63) is 29.6 Å². The topological polar surface area (TPSA) is 29.5 Å². The lowest BCUT2D eigenvalue weighted by Crippen LogP contribution is -2.04. The number of rotatable bonds is 1. The second-order valence-corrected chi connectivity index (χ2v) is 2.87. The van der Waals surface area contributed by atoms with E-state index in [0.717, 1.165) is 5.56 Å². The number of benzene rings is 1. The highest BCUT2D eigenvalue weighted by atomic mass is 19.1. The van der Waals surface area contributed by atoms with Gasteiger partial charge < -0.3 is 9.84 Å². The second-order valence-electron chi connectivity index (χ2n) is 2.87. The van der Waals surface area contributed by atoms with Gasteiger partial charge in [0.15, 0.2) is 0 Å². The summed E-state index contributed by atoms with van der Waals surface area (Å²) < 4.78 is 17.8. The van der Waals surface area contributed by atoms with E-state index in [4.69, 9.17) is 9.84 Å². The molecule has 64 valence electrons. The third kappa shape index (κ3) is 1.06. The number of hydrogen-bond acceptors (Lipinski definition) is 2. The molecular weight excluding hydrogens is 159 g/mol. The van der Waals surface area contributed by atoms with Gasteiger partial charge in [0.2, 0.25) is 0 Å². The van der Waals surface area contributed by atoms with Gasteiger partial charge >= 0.3 is 0 Å². The van der Waals surface area contributed by atoms with Crippen LogP contribution in [0.2, 0.25) is 0 Å². The molecule has 2 rings (SSSR count). The predicted octanol–water partition coefficient (Wildman–Crippen LogP) is 1.29. The van der Waals surface area contributed by atoms with E-state index in [1.54, 1.807) is 6.07 Å². The maximum atomic E-state index is 12.7. The third-order valence-corrected chi connectivity index (χ3v) is 2.08. The molecule has 1 aliphatic heterocycles. The lowest BCUT2D eigenvalue weighted by molar-refractivity contribution is 0.232. The van der Waals surface area contributed by atoms with Crippen molar-refractivity contribution in [3.8, 4) is 5.75 Å². The lowest BCUT2D eigenvalue weighted by Gasteiger charge is -2.01. The van der Waals surface area contributed by atoms with E-state index in [1.165, 1.54) is 12.1 Å². The molecule has 0 aliphatic carbocycles. The van der Waals surface area contributed by atoms with Gasteiger partial charge in [-0.3, -0.25) is 0 Å². The Bertz CT molecular complexity index is 299. The molecular formula is C9H9FO2. The summed E-state index contributed by atoms with van der Waals surface area (Å²) in [4.78, 5) is 0. The molecule has 12 heavy (non-hydrogen) atoms. The van der Waals surface area contributed by atoms with Gasteiger partial charge in [-0.05, 0) is 6.07 Å². The summed E-state index contributed by atoms with van der Waals surface area (Å²) >= 11 is 0. The zero-order valence-electron chi connectivity index (χ0n) is 6.46. The van der Waals surface area contributed by atoms with Gasteiger partial charge in [0, 0.05) is 17.5 Å². The highest BCUT2D eigenvalue weighted by molar-refractivity contribution is 5.40. The molecule has 1 unspecified atom stereocenters. The average molecular weight is 168 g/mol. The van der Waals surface area contributed by atoms with Gasteiger partial charge in [0.25, 0.3) is 0 Å². The van der Waals surface area contributed by atoms with Gasteiger partial charge in [0.1, 0.15) is 11.6 Å². The number of hydrogen-bond donors (Lipinski definition) is 1. The Labute approximate surface area is 69.6 Å². The maximum Gasteiger partial charge on any atom is 0.126 e. The van der Waals surface area contributed by atoms with Crippen LogP contribution in [0.4, 0.5) is 4.39 Å². The van der Waals surface area contributed by atoms with E-state index in [9.17, 15) is 4.39 Å². The van der Waals surface area contributed by atoms with Crippen molar-refractivity contribution in [2.45, 2.75) is 5.92 Å². The van der Waals surface area contributed by atoms with Gasteiger partial charge in [-0.2, -0.15) is 0 Å². The number of aliphatic hydroxyl groups excluding tert-OH is 1. The molecule has 3 heteroatoms. The van der Waals surface area contributed by atoms with E-state index in [0.29, 0.717) is 12.4 Å². The number of aliphatic hydroxyl groups is 1. The van der Waals surface area contributed by atoms with E-state index in [2.05, 4.69) is 0 Å². The first-order chi connectivity index (χ1) is 5.81. The second kappa shape index (κ2) is 2.75. The summed E-state index contributed by atoms with van der Waals surface area (Å²) in [6, 6.07) is 4.40. The number of ether oxygens (including phenoxy) is 1. The minimum Gasteiger partial charge on any atom is -0.492 e. The molecule has 1 aromatic rings. The molecule has 0 saturated carbocycles. The maximum absolute atomic E-state index is 12.7. The van der Waals surface area contributed by atoms with Gasteiger partial charge in [-0.25, -0.2) is 4.39 Å². The molecule has 0 bridgehead atoms. The van der Waals surface area contributed by atoms with Crippen LogP contribution in [0.1, 0.15) is 11.5 Å². The summed E-state index contributed by atoms with van der Waals surface area (Å²) in [5, 5.41) is 8.91. The molecule has 1 N–H and O–H groups in total. The minimum atomic E-state index is -0.299. The summed E-state index contributed by atoms with van der Waals surface area (Å²) in [7, 11) is 0. The Morgan fingerprint density at radius 1 is 1.58 bits per heavy atom. The Balaban J connectivity index is 2.40. The fourth-order valence-corrected chi connectivity index (χ4v) is 1.40. The molecule has 1 atom stereocenters. The van der Waals surface area contributed by atoms with Crippen LogP contribution in [-0.4, -0.2) is 18.3 Å². The van der Waals surface area contributed by atoms with Crippen LogP contribution >= 0.6 is 0 Å². The fourth-order valence-electron chi connectivity index (χ4n) is 1.40. The van der Waals surface area contributed by atoms with Crippen LogP contribution in [0, 0.1) is 5.82 Å². The van der Waals surface area contributed by atoms with E-state index < -0.39 is 0 Å². The van der Waals surface area contributed by atoms with Crippen LogP contribution in [0.3, 0.4) is 0 Å². The Morgan fingerprint density at radius 2 is 2.42 bits per heavy atom. The van der Waals surface area contributed by atoms with Crippen molar-refractivity contribution in [1.29, 1.82) is 0 Å². The monoisotopic (exact) mass is 168 g/mol. The van der Waals surface area contributed by atoms with Crippen molar-refractivity contribution in [1.82, 2.24) is 0 Å². The van der Waals surface area contributed by atoms with Crippen molar-refractivity contribution in [3.63, 3.8) is 0 Å². The quantitative estimate of drug-likeness (QED) is 0.684. The molecule has 0 radical (unpaired) electrons. The first-order valence-corrected chi connectivity index (χ1v) is 3.84. The predicted molar refractivity (Wildman–Crippen MR) is 41.7 cm³/mol. The zero-order valence-corrected chi connectivity index (χ0v) is 6.46. The van der Waals surface area contributed by atoms with Crippen molar-refractivity contribution in [2.24, 2.45) is 0 Å².